The van der Waals surface area contributed by atoms with E-state index in [0.717, 1.165) is 22.7 Å². The highest BCUT2D eigenvalue weighted by molar-refractivity contribution is 6.18. The van der Waals surface area contributed by atoms with E-state index in [1.807, 2.05) is 0 Å². The van der Waals surface area contributed by atoms with E-state index < -0.39 is 0 Å². The fraction of sp³-hybridized carbons (Fsp3) is 0. The van der Waals surface area contributed by atoms with Gasteiger partial charge in [-0.3, -0.25) is 0 Å². The van der Waals surface area contributed by atoms with Crippen molar-refractivity contribution >= 4 is 87.2 Å². The second kappa shape index (κ2) is 11.8. The van der Waals surface area contributed by atoms with Crippen LogP contribution in [0.4, 0.5) is 0 Å². The molecule has 0 spiro atoms. The first kappa shape index (κ1) is 31.4. The summed E-state index contributed by atoms with van der Waals surface area (Å²) in [6.07, 6.45) is 0. The molecule has 0 fully saturated rings. The molecular formula is C54H34N4. The zero-order chi connectivity index (χ0) is 37.9. The lowest BCUT2D eigenvalue weighted by molar-refractivity contribution is 1.11. The van der Waals surface area contributed by atoms with Gasteiger partial charge in [0, 0.05) is 54.5 Å². The molecule has 0 radical (unpaired) electrons. The topological polar surface area (TPSA) is 19.7 Å². The molecule has 0 atom stereocenters. The summed E-state index contributed by atoms with van der Waals surface area (Å²) in [4.78, 5) is 0. The Labute approximate surface area is 333 Å². The number of para-hydroxylation sites is 8. The van der Waals surface area contributed by atoms with E-state index in [4.69, 9.17) is 0 Å². The van der Waals surface area contributed by atoms with Gasteiger partial charge in [-0.25, -0.2) is 0 Å². The number of nitrogens with zero attached hydrogens (tertiary/aromatic N) is 4. The van der Waals surface area contributed by atoms with Crippen LogP contribution in [0.25, 0.3) is 110 Å². The molecule has 4 heterocycles. The number of benzene rings is 9. The highest BCUT2D eigenvalue weighted by atomic mass is 15.1. The minimum absolute atomic E-state index is 1.14. The molecular weight excluding hydrogens is 705 g/mol. The molecule has 0 aliphatic rings. The van der Waals surface area contributed by atoms with E-state index in [1.165, 1.54) is 87.2 Å². The molecule has 0 saturated heterocycles. The van der Waals surface area contributed by atoms with Crippen LogP contribution >= 0.6 is 0 Å². The van der Waals surface area contributed by atoms with Crippen molar-refractivity contribution in [1.29, 1.82) is 0 Å². The van der Waals surface area contributed by atoms with E-state index in [2.05, 4.69) is 225 Å². The smallest absolute Gasteiger partial charge is 0.0783 e. The number of fused-ring (bicyclic) bond motifs is 12. The third-order valence-electron chi connectivity index (χ3n) is 12.3. The zero-order valence-electron chi connectivity index (χ0n) is 31.4. The molecule has 9 aromatic carbocycles. The first-order valence-corrected chi connectivity index (χ1v) is 20.0. The van der Waals surface area contributed by atoms with Crippen LogP contribution in [0.15, 0.2) is 206 Å². The lowest BCUT2D eigenvalue weighted by Gasteiger charge is -2.17. The van der Waals surface area contributed by atoms with Gasteiger partial charge in [-0.05, 0) is 66.7 Å². The maximum atomic E-state index is 2.53. The molecule has 4 nitrogen and oxygen atoms in total. The number of hydrogen-bond donors (Lipinski definition) is 0. The molecule has 4 aromatic heterocycles. The predicted molar refractivity (Wildman–Crippen MR) is 244 cm³/mol. The maximum absolute atomic E-state index is 2.53. The summed E-state index contributed by atoms with van der Waals surface area (Å²) in [6, 6.07) is 75.5. The summed E-state index contributed by atoms with van der Waals surface area (Å²) in [5.74, 6) is 0. The fourth-order valence-corrected chi connectivity index (χ4v) is 10.0. The molecule has 0 N–H and O–H groups in total. The van der Waals surface area contributed by atoms with Gasteiger partial charge in [0.15, 0.2) is 0 Å². The van der Waals surface area contributed by atoms with Gasteiger partial charge in [-0.1, -0.05) is 140 Å². The molecule has 4 heteroatoms. The summed E-state index contributed by atoms with van der Waals surface area (Å²) in [5, 5.41) is 9.90. The van der Waals surface area contributed by atoms with Gasteiger partial charge >= 0.3 is 0 Å². The molecule has 270 valence electrons. The molecule has 0 saturated carbocycles. The Balaban J connectivity index is 1.18. The number of rotatable bonds is 4. The van der Waals surface area contributed by atoms with Crippen molar-refractivity contribution in [3.05, 3.63) is 206 Å². The summed E-state index contributed by atoms with van der Waals surface area (Å²) in [6.45, 7) is 0. The van der Waals surface area contributed by atoms with Gasteiger partial charge in [0.25, 0.3) is 0 Å². The average molecular weight is 739 g/mol. The quantitative estimate of drug-likeness (QED) is 0.171. The number of aromatic nitrogens is 4. The van der Waals surface area contributed by atoms with Gasteiger partial charge in [0.2, 0.25) is 0 Å². The van der Waals surface area contributed by atoms with Gasteiger partial charge in [-0.2, -0.15) is 0 Å². The van der Waals surface area contributed by atoms with Gasteiger partial charge in [0.05, 0.1) is 55.5 Å². The van der Waals surface area contributed by atoms with Crippen LogP contribution in [0.1, 0.15) is 0 Å². The van der Waals surface area contributed by atoms with Crippen LogP contribution in [-0.2, 0) is 0 Å². The van der Waals surface area contributed by atoms with Gasteiger partial charge in [0.1, 0.15) is 0 Å². The van der Waals surface area contributed by atoms with E-state index in [1.54, 1.807) is 0 Å². The van der Waals surface area contributed by atoms with Crippen LogP contribution in [0, 0.1) is 0 Å². The van der Waals surface area contributed by atoms with Crippen molar-refractivity contribution in [3.63, 3.8) is 0 Å². The van der Waals surface area contributed by atoms with Crippen LogP contribution in [-0.4, -0.2) is 18.3 Å². The Morgan fingerprint density at radius 3 is 1.14 bits per heavy atom. The van der Waals surface area contributed by atoms with Crippen LogP contribution in [0.5, 0.6) is 0 Å². The Morgan fingerprint density at radius 1 is 0.207 bits per heavy atom. The third-order valence-corrected chi connectivity index (χ3v) is 12.3. The first-order valence-electron chi connectivity index (χ1n) is 20.0. The van der Waals surface area contributed by atoms with Crippen LogP contribution < -0.4 is 0 Å². The van der Waals surface area contributed by atoms with Crippen molar-refractivity contribution in [2.75, 3.05) is 0 Å². The minimum atomic E-state index is 1.14. The van der Waals surface area contributed by atoms with E-state index >= 15 is 0 Å². The molecule has 0 aliphatic heterocycles. The van der Waals surface area contributed by atoms with Gasteiger partial charge in [-0.15, -0.1) is 0 Å². The van der Waals surface area contributed by atoms with Crippen LogP contribution in [0.3, 0.4) is 0 Å². The minimum Gasteiger partial charge on any atom is -0.309 e. The Hall–Kier alpha value is -7.82. The highest BCUT2D eigenvalue weighted by Crippen LogP contribution is 2.43. The second-order valence-corrected chi connectivity index (χ2v) is 15.3. The van der Waals surface area contributed by atoms with E-state index in [0.29, 0.717) is 0 Å². The Bertz CT molecular complexity index is 3740. The summed E-state index contributed by atoms with van der Waals surface area (Å²) in [7, 11) is 0. The predicted octanol–water partition coefficient (Wildman–Crippen LogP) is 14.1. The van der Waals surface area contributed by atoms with Crippen molar-refractivity contribution in [1.82, 2.24) is 18.3 Å². The normalized spacial score (nSPS) is 12.1. The standard InChI is InChI=1S/C54H34N4/c1-2-16-35(17-3-1)56-47-27-11-7-21-40(47)43-23-15-31-51(53(43)56)58-49-29-13-8-22-41(49)44-24-14-30-50(54(44)58)57-48-28-12-6-20-39(48)42-33-32-36(34-52(42)57)55-45-25-9-4-18-37(45)38-19-5-10-26-46(38)55/h1-34H. The summed E-state index contributed by atoms with van der Waals surface area (Å²) < 4.78 is 9.90. The van der Waals surface area contributed by atoms with Crippen molar-refractivity contribution < 1.29 is 0 Å². The lowest BCUT2D eigenvalue weighted by Crippen LogP contribution is -2.03. The maximum Gasteiger partial charge on any atom is 0.0783 e. The molecule has 0 aliphatic carbocycles. The molecule has 13 aromatic rings. The van der Waals surface area contributed by atoms with Gasteiger partial charge < -0.3 is 18.3 Å². The molecule has 0 unspecified atom stereocenters. The zero-order valence-corrected chi connectivity index (χ0v) is 31.4. The second-order valence-electron chi connectivity index (χ2n) is 15.3. The molecule has 0 bridgehead atoms. The SMILES string of the molecule is c1ccc(-n2c3ccccc3c3cccc(-n4c5ccccc5c5cccc(-n6c7ccccc7c7ccc(-n8c9ccccc9c9ccccc98)cc76)c54)c32)cc1. The third kappa shape index (κ3) is 4.18. The number of hydrogen-bond acceptors (Lipinski definition) is 0. The Kier molecular flexibility index (Phi) is 6.41. The van der Waals surface area contributed by atoms with Crippen molar-refractivity contribution in [2.24, 2.45) is 0 Å². The van der Waals surface area contributed by atoms with E-state index in [9.17, 15) is 0 Å². The Morgan fingerprint density at radius 2 is 0.586 bits per heavy atom. The van der Waals surface area contributed by atoms with Crippen LogP contribution in [0.2, 0.25) is 0 Å². The van der Waals surface area contributed by atoms with Crippen molar-refractivity contribution in [3.8, 4) is 22.7 Å². The monoisotopic (exact) mass is 738 g/mol. The summed E-state index contributed by atoms with van der Waals surface area (Å²) >= 11 is 0. The summed E-state index contributed by atoms with van der Waals surface area (Å²) in [5.41, 5.74) is 14.0. The fourth-order valence-electron chi connectivity index (χ4n) is 10.0. The average Bonchev–Trinajstić information content (AvgIpc) is 4.02. The first-order chi connectivity index (χ1) is 28.8. The lowest BCUT2D eigenvalue weighted by atomic mass is 10.1. The van der Waals surface area contributed by atoms with Crippen molar-refractivity contribution in [2.45, 2.75) is 0 Å². The molecule has 0 amide bonds. The molecule has 58 heavy (non-hydrogen) atoms. The molecule has 13 rings (SSSR count). The highest BCUT2D eigenvalue weighted by Gasteiger charge is 2.24. The largest absolute Gasteiger partial charge is 0.309 e. The van der Waals surface area contributed by atoms with E-state index in [-0.39, 0.29) is 0 Å².